The molecule has 0 heterocycles. The number of hydrogen-bond donors (Lipinski definition) is 4. The lowest BCUT2D eigenvalue weighted by Crippen LogP contribution is -2.34. The molecular formula is C50H90NO11P. The number of carbonyl (C=O) groups excluding carboxylic acids is 2. The Labute approximate surface area is 382 Å². The maximum atomic E-state index is 12.7. The zero-order chi connectivity index (χ0) is 46.5. The molecule has 1 unspecified atom stereocenters. The second-order valence-corrected chi connectivity index (χ2v) is 18.3. The number of aliphatic carboxylic acids is 1. The number of phosphoric acid groups is 1. The van der Waals surface area contributed by atoms with Crippen LogP contribution in [-0.4, -0.2) is 71.1 Å². The molecule has 63 heavy (non-hydrogen) atoms. The van der Waals surface area contributed by atoms with Crippen LogP contribution in [0.1, 0.15) is 213 Å². The van der Waals surface area contributed by atoms with E-state index in [0.29, 0.717) is 19.3 Å². The number of allylic oxidation sites excluding steroid dienone is 7. The number of carboxylic acids is 1. The summed E-state index contributed by atoms with van der Waals surface area (Å²) in [6, 6.07) is -1.55. The van der Waals surface area contributed by atoms with Crippen LogP contribution in [0.3, 0.4) is 0 Å². The van der Waals surface area contributed by atoms with Gasteiger partial charge in [-0.05, 0) is 44.9 Å². The molecule has 0 spiro atoms. The van der Waals surface area contributed by atoms with E-state index in [0.717, 1.165) is 38.5 Å². The Kier molecular flexibility index (Phi) is 42.8. The Balaban J connectivity index is 4.41. The number of nitrogens with two attached hydrogens (primary N) is 1. The predicted octanol–water partition coefficient (Wildman–Crippen LogP) is 12.7. The monoisotopic (exact) mass is 912 g/mol. The van der Waals surface area contributed by atoms with Gasteiger partial charge in [0.15, 0.2) is 6.10 Å². The van der Waals surface area contributed by atoms with Gasteiger partial charge >= 0.3 is 25.7 Å². The number of esters is 2. The highest BCUT2D eigenvalue weighted by Gasteiger charge is 2.28. The van der Waals surface area contributed by atoms with E-state index >= 15 is 0 Å². The summed E-state index contributed by atoms with van der Waals surface area (Å²) in [6.45, 7) is 2.61. The van der Waals surface area contributed by atoms with Gasteiger partial charge in [-0.2, -0.15) is 0 Å². The summed E-state index contributed by atoms with van der Waals surface area (Å²) in [4.78, 5) is 46.1. The van der Waals surface area contributed by atoms with E-state index in [1.165, 1.54) is 128 Å². The normalized spacial score (nSPS) is 14.5. The van der Waals surface area contributed by atoms with Crippen molar-refractivity contribution in [2.75, 3.05) is 19.8 Å². The van der Waals surface area contributed by atoms with Gasteiger partial charge in [-0.1, -0.05) is 204 Å². The van der Waals surface area contributed by atoms with Crippen molar-refractivity contribution in [2.45, 2.75) is 231 Å². The van der Waals surface area contributed by atoms with Crippen LogP contribution in [0.15, 0.2) is 48.6 Å². The standard InChI is InChI=1S/C50H90NO11P/c1-3-5-7-9-11-13-15-17-18-19-20-21-22-23-24-26-28-30-32-34-36-40-49(54)62-46(43-60-63(57,58)61-44-47(51)50(55)56)42-59-48(53)41-37-39-45(52)38-35-33-31-29-27-25-16-14-12-10-8-6-4-2/h12,14,25,27,31,33,35,38,45-47,52H,3-11,13,15-24,26,28-30,32,34,36-37,39-44,51H2,1-2H3,(H,55,56)(H,57,58)/b14-12-,27-25-,33-31-,38-35+/t45-,46-,47+/m1/s1. The third-order valence-electron chi connectivity index (χ3n) is 10.7. The van der Waals surface area contributed by atoms with Crippen molar-refractivity contribution in [3.8, 4) is 0 Å². The maximum absolute atomic E-state index is 12.7. The van der Waals surface area contributed by atoms with E-state index in [2.05, 4.69) is 42.7 Å². The Hall–Kier alpha value is -2.60. The molecule has 0 fully saturated rings. The van der Waals surface area contributed by atoms with Crippen LogP contribution in [0.5, 0.6) is 0 Å². The number of aliphatic hydroxyl groups is 1. The Morgan fingerprint density at radius 1 is 0.571 bits per heavy atom. The molecule has 0 aliphatic rings. The molecular weight excluding hydrogens is 822 g/mol. The third-order valence-corrected chi connectivity index (χ3v) is 11.6. The zero-order valence-corrected chi connectivity index (χ0v) is 40.4. The lowest BCUT2D eigenvalue weighted by Gasteiger charge is -2.20. The van der Waals surface area contributed by atoms with Gasteiger partial charge < -0.3 is 30.3 Å². The van der Waals surface area contributed by atoms with E-state index in [4.69, 9.17) is 24.8 Å². The molecule has 0 aromatic rings. The number of unbranched alkanes of at least 4 members (excludes halogenated alkanes) is 23. The summed E-state index contributed by atoms with van der Waals surface area (Å²) in [5.41, 5.74) is 5.34. The van der Waals surface area contributed by atoms with E-state index in [1.807, 2.05) is 12.2 Å². The molecule has 0 aromatic heterocycles. The van der Waals surface area contributed by atoms with Gasteiger partial charge in [0.1, 0.15) is 12.6 Å². The van der Waals surface area contributed by atoms with Crippen LogP contribution < -0.4 is 5.73 Å². The first-order chi connectivity index (χ1) is 30.5. The molecule has 12 nitrogen and oxygen atoms in total. The minimum atomic E-state index is -4.77. The van der Waals surface area contributed by atoms with Crippen LogP contribution in [-0.2, 0) is 37.5 Å². The summed E-state index contributed by atoms with van der Waals surface area (Å²) in [5, 5.41) is 19.2. The summed E-state index contributed by atoms with van der Waals surface area (Å²) in [7, 11) is -4.77. The lowest BCUT2D eigenvalue weighted by atomic mass is 10.0. The van der Waals surface area contributed by atoms with Gasteiger partial charge in [-0.3, -0.25) is 23.4 Å². The predicted molar refractivity (Wildman–Crippen MR) is 255 cm³/mol. The zero-order valence-electron chi connectivity index (χ0n) is 39.5. The van der Waals surface area contributed by atoms with Crippen molar-refractivity contribution in [3.05, 3.63) is 48.6 Å². The summed E-state index contributed by atoms with van der Waals surface area (Å²) >= 11 is 0. The average Bonchev–Trinajstić information content (AvgIpc) is 3.25. The van der Waals surface area contributed by atoms with Gasteiger partial charge in [0.05, 0.1) is 19.3 Å². The van der Waals surface area contributed by atoms with Crippen molar-refractivity contribution >= 4 is 25.7 Å². The highest BCUT2D eigenvalue weighted by molar-refractivity contribution is 7.47. The molecule has 13 heteroatoms. The number of rotatable bonds is 46. The third kappa shape index (κ3) is 44.4. The van der Waals surface area contributed by atoms with E-state index in [9.17, 15) is 28.9 Å². The molecule has 4 atom stereocenters. The maximum Gasteiger partial charge on any atom is 0.472 e. The van der Waals surface area contributed by atoms with E-state index < -0.39 is 63.8 Å². The minimum absolute atomic E-state index is 0.00573. The fraction of sp³-hybridized carbons (Fsp3) is 0.780. The van der Waals surface area contributed by atoms with Crippen molar-refractivity contribution in [2.24, 2.45) is 5.73 Å². The summed E-state index contributed by atoms with van der Waals surface area (Å²) < 4.78 is 32.7. The number of carboxylic acid groups (broad SMARTS) is 1. The number of phosphoric ester groups is 1. The average molecular weight is 912 g/mol. The molecule has 366 valence electrons. The fourth-order valence-corrected chi connectivity index (χ4v) is 7.54. The van der Waals surface area contributed by atoms with Crippen LogP contribution in [0, 0.1) is 0 Å². The summed E-state index contributed by atoms with van der Waals surface area (Å²) in [6.07, 6.45) is 47.8. The van der Waals surface area contributed by atoms with Crippen molar-refractivity contribution < 1.29 is 52.6 Å². The molecule has 0 aliphatic carbocycles. The van der Waals surface area contributed by atoms with E-state index in [-0.39, 0.29) is 12.8 Å². The Bertz CT molecular complexity index is 1270. The molecule has 0 saturated carbocycles. The van der Waals surface area contributed by atoms with Gasteiger partial charge in [0, 0.05) is 12.8 Å². The molecule has 0 aliphatic heterocycles. The minimum Gasteiger partial charge on any atom is -0.480 e. The first-order valence-corrected chi connectivity index (χ1v) is 26.3. The Morgan fingerprint density at radius 3 is 1.57 bits per heavy atom. The van der Waals surface area contributed by atoms with Crippen molar-refractivity contribution in [1.29, 1.82) is 0 Å². The van der Waals surface area contributed by atoms with Gasteiger partial charge in [0.2, 0.25) is 0 Å². The van der Waals surface area contributed by atoms with Crippen LogP contribution in [0.25, 0.3) is 0 Å². The SMILES string of the molecule is CCCCC/C=C\C/C=C\C/C=C\C=C\[C@@H](O)CCCC(=O)OC[C@H](COP(=O)(O)OC[C@H](N)C(=O)O)OC(=O)CCCCCCCCCCCCCCCCCCCCCCC. The number of carbonyl (C=O) groups is 3. The number of hydrogen-bond acceptors (Lipinski definition) is 10. The molecule has 5 N–H and O–H groups in total. The molecule has 0 rings (SSSR count). The highest BCUT2D eigenvalue weighted by atomic mass is 31.2. The van der Waals surface area contributed by atoms with Gasteiger partial charge in [0.25, 0.3) is 0 Å². The number of ether oxygens (including phenoxy) is 2. The first kappa shape index (κ1) is 60.4. The van der Waals surface area contributed by atoms with Crippen LogP contribution in [0.4, 0.5) is 0 Å². The molecule has 0 radical (unpaired) electrons. The van der Waals surface area contributed by atoms with Crippen LogP contribution in [0.2, 0.25) is 0 Å². The second-order valence-electron chi connectivity index (χ2n) is 16.8. The highest BCUT2D eigenvalue weighted by Crippen LogP contribution is 2.43. The lowest BCUT2D eigenvalue weighted by molar-refractivity contribution is -0.161. The van der Waals surface area contributed by atoms with Crippen LogP contribution >= 0.6 is 7.82 Å². The summed E-state index contributed by atoms with van der Waals surface area (Å²) in [5.74, 6) is -2.59. The quantitative estimate of drug-likeness (QED) is 0.0149. The van der Waals surface area contributed by atoms with Gasteiger partial charge in [-0.25, -0.2) is 4.57 Å². The molecule has 0 bridgehead atoms. The second kappa shape index (κ2) is 44.6. The fourth-order valence-electron chi connectivity index (χ4n) is 6.76. The Morgan fingerprint density at radius 2 is 1.03 bits per heavy atom. The van der Waals surface area contributed by atoms with E-state index in [1.54, 1.807) is 12.2 Å². The van der Waals surface area contributed by atoms with Gasteiger partial charge in [-0.15, -0.1) is 0 Å². The molecule has 0 saturated heterocycles. The molecule has 0 aromatic carbocycles. The van der Waals surface area contributed by atoms with Crippen molar-refractivity contribution in [1.82, 2.24) is 0 Å². The smallest absolute Gasteiger partial charge is 0.472 e. The first-order valence-electron chi connectivity index (χ1n) is 24.8. The van der Waals surface area contributed by atoms with Crippen molar-refractivity contribution in [3.63, 3.8) is 0 Å². The topological polar surface area (TPSA) is 192 Å². The molecule has 0 amide bonds. The number of aliphatic hydroxyl groups excluding tert-OH is 1. The largest absolute Gasteiger partial charge is 0.480 e.